The van der Waals surface area contributed by atoms with Gasteiger partial charge in [-0.05, 0) is 45.0 Å². The molecule has 0 saturated heterocycles. The third-order valence-corrected chi connectivity index (χ3v) is 4.46. The van der Waals surface area contributed by atoms with Crippen LogP contribution in [0, 0.1) is 6.42 Å². The first kappa shape index (κ1) is 13.3. The van der Waals surface area contributed by atoms with Gasteiger partial charge < -0.3 is 0 Å². The van der Waals surface area contributed by atoms with Gasteiger partial charge in [-0.25, -0.2) is 0 Å². The average Bonchev–Trinajstić information content (AvgIpc) is 2.99. The van der Waals surface area contributed by atoms with Gasteiger partial charge in [-0.15, -0.1) is 0 Å². The summed E-state index contributed by atoms with van der Waals surface area (Å²) < 4.78 is 0. The first-order valence-corrected chi connectivity index (χ1v) is 8.03. The van der Waals surface area contributed by atoms with E-state index in [1.54, 1.807) is 0 Å². The highest BCUT2D eigenvalue weighted by Crippen LogP contribution is 2.37. The van der Waals surface area contributed by atoms with Gasteiger partial charge in [0.25, 0.3) is 0 Å². The van der Waals surface area contributed by atoms with Gasteiger partial charge in [-0.2, -0.15) is 0 Å². The monoisotopic (exact) mass is 283 g/mol. The normalized spacial score (nSPS) is 13.2. The van der Waals surface area contributed by atoms with Crippen LogP contribution in [-0.2, 0) is 6.42 Å². The lowest BCUT2D eigenvalue weighted by molar-refractivity contribution is 0.929. The molecule has 0 spiro atoms. The van der Waals surface area contributed by atoms with Crippen molar-refractivity contribution in [3.05, 3.63) is 89.3 Å². The number of aryl methyl sites for hydroxylation is 1. The molecule has 0 nitrogen and oxygen atoms in total. The van der Waals surface area contributed by atoms with Gasteiger partial charge in [0.2, 0.25) is 0 Å². The second-order valence-electron chi connectivity index (χ2n) is 5.94. The van der Waals surface area contributed by atoms with E-state index in [9.17, 15) is 0 Å². The molecule has 0 aliphatic heterocycles. The molecule has 1 aliphatic carbocycles. The minimum absolute atomic E-state index is 1.14. The summed E-state index contributed by atoms with van der Waals surface area (Å²) >= 11 is 0. The van der Waals surface area contributed by atoms with Gasteiger partial charge in [0.15, 0.2) is 0 Å². The van der Waals surface area contributed by atoms with E-state index in [1.807, 2.05) is 0 Å². The summed E-state index contributed by atoms with van der Waals surface area (Å²) in [6.07, 6.45) is 6.93. The topological polar surface area (TPSA) is 0 Å². The Morgan fingerprint density at radius 1 is 0.727 bits per heavy atom. The number of rotatable bonds is 3. The van der Waals surface area contributed by atoms with Gasteiger partial charge in [0.05, 0.1) is 0 Å². The first-order valence-electron chi connectivity index (χ1n) is 8.03. The fourth-order valence-electron chi connectivity index (χ4n) is 3.41. The molecule has 22 heavy (non-hydrogen) atoms. The van der Waals surface area contributed by atoms with E-state index in [0.717, 1.165) is 6.42 Å². The van der Waals surface area contributed by atoms with Crippen LogP contribution in [0.2, 0.25) is 0 Å². The van der Waals surface area contributed by atoms with Gasteiger partial charge >= 0.3 is 0 Å². The van der Waals surface area contributed by atoms with Gasteiger partial charge in [0, 0.05) is 6.42 Å². The Hall–Kier alpha value is -2.34. The second kappa shape index (κ2) is 5.46. The molecule has 0 amide bonds. The molecule has 1 radical (unpaired) electrons. The van der Waals surface area contributed by atoms with Crippen molar-refractivity contribution in [3.63, 3.8) is 0 Å². The first-order chi connectivity index (χ1) is 10.9. The number of fused-ring (bicyclic) bond motifs is 2. The minimum Gasteiger partial charge on any atom is -0.0651 e. The third kappa shape index (κ3) is 2.16. The summed E-state index contributed by atoms with van der Waals surface area (Å²) in [5.74, 6) is 0. The lowest BCUT2D eigenvalue weighted by Gasteiger charge is -2.11. The van der Waals surface area contributed by atoms with Crippen LogP contribution in [0.5, 0.6) is 0 Å². The van der Waals surface area contributed by atoms with Crippen LogP contribution in [0.4, 0.5) is 0 Å². The Morgan fingerprint density at radius 3 is 2.23 bits per heavy atom. The maximum absolute atomic E-state index is 2.30. The Balaban J connectivity index is 1.86. The Labute approximate surface area is 132 Å². The van der Waals surface area contributed by atoms with E-state index < -0.39 is 0 Å². The Kier molecular flexibility index (Phi) is 3.31. The number of hydrogen-bond acceptors (Lipinski definition) is 0. The largest absolute Gasteiger partial charge is 0.0651 e. The number of hydrogen-bond donors (Lipinski definition) is 0. The third-order valence-electron chi connectivity index (χ3n) is 4.46. The van der Waals surface area contributed by atoms with Crippen molar-refractivity contribution in [1.82, 2.24) is 0 Å². The van der Waals surface area contributed by atoms with E-state index in [2.05, 4.69) is 80.1 Å². The zero-order valence-corrected chi connectivity index (χ0v) is 12.8. The van der Waals surface area contributed by atoms with E-state index in [-0.39, 0.29) is 0 Å². The van der Waals surface area contributed by atoms with Gasteiger partial charge in [0.1, 0.15) is 0 Å². The van der Waals surface area contributed by atoms with Crippen molar-refractivity contribution in [2.45, 2.75) is 19.8 Å². The zero-order chi connectivity index (χ0) is 14.9. The van der Waals surface area contributed by atoms with Crippen LogP contribution in [0.3, 0.4) is 0 Å². The fraction of sp³-hybridized carbons (Fsp3) is 0.136. The summed E-state index contributed by atoms with van der Waals surface area (Å²) in [6, 6.07) is 22.0. The minimum atomic E-state index is 1.14. The molecular formula is C22H19. The van der Waals surface area contributed by atoms with Crippen molar-refractivity contribution in [2.24, 2.45) is 0 Å². The van der Waals surface area contributed by atoms with Crippen LogP contribution in [0.25, 0.3) is 22.4 Å². The molecule has 0 heterocycles. The van der Waals surface area contributed by atoms with Crippen LogP contribution >= 0.6 is 0 Å². The summed E-state index contributed by atoms with van der Waals surface area (Å²) in [4.78, 5) is 0. The Morgan fingerprint density at radius 2 is 1.45 bits per heavy atom. The predicted molar refractivity (Wildman–Crippen MR) is 95.7 cm³/mol. The van der Waals surface area contributed by atoms with Crippen LogP contribution in [0.1, 0.15) is 35.6 Å². The number of benzene rings is 3. The van der Waals surface area contributed by atoms with E-state index in [4.69, 9.17) is 0 Å². The molecule has 3 aromatic carbocycles. The van der Waals surface area contributed by atoms with Crippen LogP contribution in [0.15, 0.2) is 60.7 Å². The van der Waals surface area contributed by atoms with Crippen molar-refractivity contribution >= 4 is 22.4 Å². The molecular weight excluding hydrogens is 264 g/mol. The molecule has 0 fully saturated rings. The Bertz CT molecular complexity index is 868. The highest BCUT2D eigenvalue weighted by atomic mass is 14.2. The number of allylic oxidation sites excluding steroid dienone is 1. The maximum Gasteiger partial charge on any atom is 0.0211 e. The van der Waals surface area contributed by atoms with Gasteiger partial charge in [-0.3, -0.25) is 0 Å². The lowest BCUT2D eigenvalue weighted by Crippen LogP contribution is -1.91. The molecule has 0 bridgehead atoms. The summed E-state index contributed by atoms with van der Waals surface area (Å²) in [7, 11) is 0. The molecule has 0 heteroatoms. The molecule has 0 N–H and O–H groups in total. The SMILES string of the molecule is CCCc1ccc(C2=Cc3ccccc3[CH]2)c2ccccc12. The van der Waals surface area contributed by atoms with Crippen molar-refractivity contribution < 1.29 is 0 Å². The predicted octanol–water partition coefficient (Wildman–Crippen LogP) is 5.90. The smallest absolute Gasteiger partial charge is 0.0211 e. The quantitative estimate of drug-likeness (QED) is 0.561. The standard InChI is InChI=1S/C22H19/c1-2-7-16-12-13-21(22-11-6-5-10-20(16)22)19-14-17-8-3-4-9-18(17)15-19/h3-6,8-15H,2,7H2,1H3. The maximum atomic E-state index is 2.30. The highest BCUT2D eigenvalue weighted by molar-refractivity contribution is 6.04. The molecule has 107 valence electrons. The highest BCUT2D eigenvalue weighted by Gasteiger charge is 2.16. The summed E-state index contributed by atoms with van der Waals surface area (Å²) in [5, 5.41) is 2.76. The summed E-state index contributed by atoms with van der Waals surface area (Å²) in [5.41, 5.74) is 6.75. The lowest BCUT2D eigenvalue weighted by atomic mass is 9.93. The van der Waals surface area contributed by atoms with Gasteiger partial charge in [-0.1, -0.05) is 80.1 Å². The van der Waals surface area contributed by atoms with Crippen molar-refractivity contribution in [1.29, 1.82) is 0 Å². The van der Waals surface area contributed by atoms with E-state index >= 15 is 0 Å². The van der Waals surface area contributed by atoms with Crippen LogP contribution < -0.4 is 0 Å². The van der Waals surface area contributed by atoms with Crippen molar-refractivity contribution in [2.75, 3.05) is 0 Å². The van der Waals surface area contributed by atoms with E-state index in [1.165, 1.54) is 45.0 Å². The molecule has 1 aliphatic rings. The molecule has 0 saturated carbocycles. The zero-order valence-electron chi connectivity index (χ0n) is 12.8. The van der Waals surface area contributed by atoms with E-state index in [0.29, 0.717) is 0 Å². The summed E-state index contributed by atoms with van der Waals surface area (Å²) in [6.45, 7) is 2.24. The molecule has 0 aromatic heterocycles. The fourth-order valence-corrected chi connectivity index (χ4v) is 3.41. The van der Waals surface area contributed by atoms with Crippen molar-refractivity contribution in [3.8, 4) is 0 Å². The molecule has 0 atom stereocenters. The second-order valence-corrected chi connectivity index (χ2v) is 5.94. The van der Waals surface area contributed by atoms with Crippen LogP contribution in [-0.4, -0.2) is 0 Å². The average molecular weight is 283 g/mol. The molecule has 4 rings (SSSR count). The molecule has 0 unspecified atom stereocenters. The molecule has 3 aromatic rings.